The first-order chi connectivity index (χ1) is 6.60. The van der Waals surface area contributed by atoms with Crippen molar-refractivity contribution in [3.8, 4) is 0 Å². The first kappa shape index (κ1) is 13.0. The zero-order valence-electron chi connectivity index (χ0n) is 11.2. The normalized spacial score (nSPS) is 30.6. The van der Waals surface area contributed by atoms with Crippen molar-refractivity contribution in [3.63, 3.8) is 0 Å². The lowest BCUT2D eigenvalue weighted by atomic mass is 9.75. The fourth-order valence-corrected chi connectivity index (χ4v) is 2.25. The van der Waals surface area contributed by atoms with Crippen LogP contribution >= 0.6 is 0 Å². The van der Waals surface area contributed by atoms with E-state index < -0.39 is 0 Å². The molecule has 1 aliphatic rings. The summed E-state index contributed by atoms with van der Waals surface area (Å²) in [6.07, 6.45) is 0.804. The third-order valence-corrected chi connectivity index (χ3v) is 3.60. The summed E-state index contributed by atoms with van der Waals surface area (Å²) in [6, 6.07) is 0. The molecule has 2 unspecified atom stereocenters. The molecule has 2 heteroatoms. The molecule has 0 aliphatic carbocycles. The van der Waals surface area contributed by atoms with E-state index in [1.54, 1.807) is 0 Å². The maximum absolute atomic E-state index is 9.94. The van der Waals surface area contributed by atoms with Gasteiger partial charge >= 0.3 is 0 Å². The van der Waals surface area contributed by atoms with Crippen molar-refractivity contribution in [2.75, 3.05) is 13.1 Å². The molecule has 1 rings (SSSR count). The number of hydrogen-bond acceptors (Lipinski definition) is 2. The highest BCUT2D eigenvalue weighted by Crippen LogP contribution is 2.35. The van der Waals surface area contributed by atoms with Gasteiger partial charge in [-0.1, -0.05) is 20.8 Å². The van der Waals surface area contributed by atoms with Gasteiger partial charge in [0.2, 0.25) is 0 Å². The molecule has 1 heterocycles. The molecular formula is C13H27NO. The lowest BCUT2D eigenvalue weighted by Crippen LogP contribution is -2.54. The molecule has 0 aromatic heterocycles. The van der Waals surface area contributed by atoms with E-state index in [1.165, 1.54) is 0 Å². The SMILES string of the molecule is CC(C)(C)C1CC(O)CN(C(C)(C)C)C1. The predicted octanol–water partition coefficient (Wildman–Crippen LogP) is 2.51. The van der Waals surface area contributed by atoms with Gasteiger partial charge < -0.3 is 5.11 Å². The molecule has 0 saturated carbocycles. The van der Waals surface area contributed by atoms with E-state index >= 15 is 0 Å². The van der Waals surface area contributed by atoms with Crippen LogP contribution in [0.3, 0.4) is 0 Å². The fraction of sp³-hybridized carbons (Fsp3) is 1.00. The minimum atomic E-state index is -0.151. The van der Waals surface area contributed by atoms with Crippen LogP contribution in [0, 0.1) is 11.3 Å². The van der Waals surface area contributed by atoms with Gasteiger partial charge in [-0.05, 0) is 38.5 Å². The van der Waals surface area contributed by atoms with Gasteiger partial charge in [0, 0.05) is 18.6 Å². The van der Waals surface area contributed by atoms with Gasteiger partial charge in [-0.25, -0.2) is 0 Å². The molecule has 0 aromatic carbocycles. The Hall–Kier alpha value is -0.0800. The first-order valence-corrected chi connectivity index (χ1v) is 6.04. The number of rotatable bonds is 0. The van der Waals surface area contributed by atoms with Crippen molar-refractivity contribution in [2.24, 2.45) is 11.3 Å². The number of aliphatic hydroxyl groups is 1. The maximum Gasteiger partial charge on any atom is 0.0670 e. The Labute approximate surface area is 94.7 Å². The largest absolute Gasteiger partial charge is 0.392 e. The molecule has 90 valence electrons. The van der Waals surface area contributed by atoms with Crippen molar-refractivity contribution < 1.29 is 5.11 Å². The van der Waals surface area contributed by atoms with E-state index in [9.17, 15) is 5.11 Å². The molecule has 2 atom stereocenters. The summed E-state index contributed by atoms with van der Waals surface area (Å²) >= 11 is 0. The van der Waals surface area contributed by atoms with Gasteiger partial charge in [0.15, 0.2) is 0 Å². The summed E-state index contributed by atoms with van der Waals surface area (Å²) in [6.45, 7) is 15.4. The Kier molecular flexibility index (Phi) is 3.52. The van der Waals surface area contributed by atoms with Crippen molar-refractivity contribution >= 4 is 0 Å². The van der Waals surface area contributed by atoms with Crippen molar-refractivity contribution in [3.05, 3.63) is 0 Å². The number of likely N-dealkylation sites (tertiary alicyclic amines) is 1. The maximum atomic E-state index is 9.94. The highest BCUT2D eigenvalue weighted by Gasteiger charge is 2.36. The van der Waals surface area contributed by atoms with Crippen LogP contribution in [-0.2, 0) is 0 Å². The molecule has 2 nitrogen and oxygen atoms in total. The van der Waals surface area contributed by atoms with Crippen LogP contribution in [0.15, 0.2) is 0 Å². The first-order valence-electron chi connectivity index (χ1n) is 6.04. The highest BCUT2D eigenvalue weighted by atomic mass is 16.3. The van der Waals surface area contributed by atoms with Crippen LogP contribution in [0.5, 0.6) is 0 Å². The molecule has 1 fully saturated rings. The second-order valence-electron chi connectivity index (χ2n) is 7.03. The van der Waals surface area contributed by atoms with E-state index in [1.807, 2.05) is 0 Å². The highest BCUT2D eigenvalue weighted by molar-refractivity contribution is 4.90. The predicted molar refractivity (Wildman–Crippen MR) is 64.9 cm³/mol. The summed E-state index contributed by atoms with van der Waals surface area (Å²) in [5, 5.41) is 9.94. The molecule has 0 aromatic rings. The van der Waals surface area contributed by atoms with Crippen LogP contribution in [-0.4, -0.2) is 34.7 Å². The molecule has 0 amide bonds. The molecule has 1 aliphatic heterocycles. The van der Waals surface area contributed by atoms with E-state index in [-0.39, 0.29) is 11.6 Å². The zero-order valence-corrected chi connectivity index (χ0v) is 11.2. The monoisotopic (exact) mass is 213 g/mol. The Bertz CT molecular complexity index is 190. The Morgan fingerprint density at radius 3 is 1.93 bits per heavy atom. The van der Waals surface area contributed by atoms with Gasteiger partial charge in [-0.3, -0.25) is 4.90 Å². The van der Waals surface area contributed by atoms with Crippen molar-refractivity contribution in [1.29, 1.82) is 0 Å². The van der Waals surface area contributed by atoms with Gasteiger partial charge in [0.1, 0.15) is 0 Å². The topological polar surface area (TPSA) is 23.5 Å². The fourth-order valence-electron chi connectivity index (χ4n) is 2.25. The number of hydrogen-bond donors (Lipinski definition) is 1. The quantitative estimate of drug-likeness (QED) is 0.668. The number of nitrogens with zero attached hydrogens (tertiary/aromatic N) is 1. The van der Waals surface area contributed by atoms with Crippen LogP contribution in [0.25, 0.3) is 0 Å². The average Bonchev–Trinajstić information content (AvgIpc) is 1.99. The molecule has 0 spiro atoms. The lowest BCUT2D eigenvalue weighted by Gasteiger charge is -2.47. The van der Waals surface area contributed by atoms with Gasteiger partial charge in [-0.15, -0.1) is 0 Å². The third kappa shape index (κ3) is 3.46. The van der Waals surface area contributed by atoms with Crippen LogP contribution in [0.2, 0.25) is 0 Å². The summed E-state index contributed by atoms with van der Waals surface area (Å²) in [5.41, 5.74) is 0.468. The van der Waals surface area contributed by atoms with Gasteiger partial charge in [0.05, 0.1) is 6.10 Å². The zero-order chi connectivity index (χ0) is 11.9. The molecule has 1 N–H and O–H groups in total. The van der Waals surface area contributed by atoms with Crippen LogP contribution < -0.4 is 0 Å². The Balaban J connectivity index is 2.73. The van der Waals surface area contributed by atoms with Crippen LogP contribution in [0.1, 0.15) is 48.0 Å². The Morgan fingerprint density at radius 1 is 1.00 bits per heavy atom. The van der Waals surface area contributed by atoms with Crippen molar-refractivity contribution in [1.82, 2.24) is 4.90 Å². The summed E-state index contributed by atoms with van der Waals surface area (Å²) in [4.78, 5) is 2.41. The lowest BCUT2D eigenvalue weighted by molar-refractivity contribution is -0.0321. The van der Waals surface area contributed by atoms with E-state index in [0.717, 1.165) is 19.5 Å². The molecule has 0 bridgehead atoms. The van der Waals surface area contributed by atoms with E-state index in [0.29, 0.717) is 11.3 Å². The second-order valence-corrected chi connectivity index (χ2v) is 7.03. The molecule has 15 heavy (non-hydrogen) atoms. The standard InChI is InChI=1S/C13H27NO/c1-12(2,3)10-7-11(15)9-14(8-10)13(4,5)6/h10-11,15H,7-9H2,1-6H3. The summed E-state index contributed by atoms with van der Waals surface area (Å²) < 4.78 is 0. The summed E-state index contributed by atoms with van der Waals surface area (Å²) in [5.74, 6) is 0.598. The number of piperidine rings is 1. The minimum absolute atomic E-state index is 0.151. The number of aliphatic hydroxyl groups excluding tert-OH is 1. The van der Waals surface area contributed by atoms with E-state index in [4.69, 9.17) is 0 Å². The Morgan fingerprint density at radius 2 is 1.53 bits per heavy atom. The molecular weight excluding hydrogens is 186 g/mol. The molecule has 0 radical (unpaired) electrons. The van der Waals surface area contributed by atoms with E-state index in [2.05, 4.69) is 46.4 Å². The van der Waals surface area contributed by atoms with Gasteiger partial charge in [-0.2, -0.15) is 0 Å². The smallest absolute Gasteiger partial charge is 0.0670 e. The minimum Gasteiger partial charge on any atom is -0.392 e. The average molecular weight is 213 g/mol. The third-order valence-electron chi connectivity index (χ3n) is 3.60. The van der Waals surface area contributed by atoms with Gasteiger partial charge in [0.25, 0.3) is 0 Å². The second kappa shape index (κ2) is 4.06. The number of β-amino-alcohol motifs (C(OH)–C–C–N with tert-alkyl or cyclic N) is 1. The summed E-state index contributed by atoms with van der Waals surface area (Å²) in [7, 11) is 0. The molecule has 1 saturated heterocycles. The van der Waals surface area contributed by atoms with Crippen LogP contribution in [0.4, 0.5) is 0 Å². The van der Waals surface area contributed by atoms with Crippen molar-refractivity contribution in [2.45, 2.75) is 59.6 Å².